The summed E-state index contributed by atoms with van der Waals surface area (Å²) in [7, 11) is 0. The summed E-state index contributed by atoms with van der Waals surface area (Å²) in [4.78, 5) is 14.6. The van der Waals surface area contributed by atoms with Gasteiger partial charge in [0.1, 0.15) is 73.2 Å². The highest BCUT2D eigenvalue weighted by atomic mass is 16.8. The number of aliphatic hydroxyl groups is 20. The second kappa shape index (κ2) is 44.8. The van der Waals surface area contributed by atoms with E-state index in [0.29, 0.717) is 19.3 Å². The Hall–Kier alpha value is -2.63. The molecule has 0 aromatic heterocycles. The van der Waals surface area contributed by atoms with Gasteiger partial charge in [0.2, 0.25) is 0 Å². The van der Waals surface area contributed by atoms with E-state index in [4.69, 9.17) is 68.3 Å². The predicted octanol–water partition coefficient (Wildman–Crippen LogP) is -1.70. The quantitative estimate of drug-likeness (QED) is 0.0424. The standard InChI is InChI=1S/C81H144N2O33/c1-15-18-55(109-61-33-80(14,83)74(101)44(13)106-61)39(8)63(92)45(16-2)22-25-51(87)38(7)56-26-20-36(5)62(91)40(9)57(111-78-71(100)69(98)67(96)59(34-84)113-78)31-53(89)37(6)52(88)28-49-29-54(90)75(102)81(104,116-49)32-58(35(4)19-23-47(85)27-48(86)24-21-46(17-3)76(103)110-56)112-79-73(115-77-70(99)68(97)65(94)42(11)107-77)72(66(95)43(12)108-79)114-60-30-50(82)64(93)41(10)105-60/h20-22,25,35,37-45,47-75,77-79,84-102,104H,15-19,23-24,26-34,82-83H2,1-14H3/b25-22+,36-20+,46-21+/t35-,37-,38+,39+,40-,41+,42+,43+,44-,45+,47+,48-,49+,50+,51-,52+,53+,54-,55+,56-,57+,58+,59+,60-,61-,62+,63+,64+,65+,66+,67+,68-,69-,70+,71-,72-,73+,74+,75+,77-,78+,79-,80-,81-/m0/s1. The van der Waals surface area contributed by atoms with Crippen LogP contribution in [0, 0.1) is 35.5 Å². The van der Waals surface area contributed by atoms with Gasteiger partial charge in [-0.05, 0) is 98.0 Å². The van der Waals surface area contributed by atoms with E-state index in [1.54, 1.807) is 60.6 Å². The summed E-state index contributed by atoms with van der Waals surface area (Å²) in [6, 6.07) is -0.877. The lowest BCUT2D eigenvalue weighted by Crippen LogP contribution is -2.65. The molecule has 0 spiro atoms. The first-order valence-electron chi connectivity index (χ1n) is 41.9. The molecule has 0 aromatic rings. The van der Waals surface area contributed by atoms with E-state index < -0.39 is 306 Å². The highest BCUT2D eigenvalue weighted by Gasteiger charge is 2.57. The Morgan fingerprint density at radius 3 is 1.81 bits per heavy atom. The number of hydrogen-bond acceptors (Lipinski definition) is 35. The van der Waals surface area contributed by atoms with Crippen molar-refractivity contribution in [1.29, 1.82) is 0 Å². The van der Waals surface area contributed by atoms with E-state index in [-0.39, 0.29) is 62.5 Å². The van der Waals surface area contributed by atoms with Gasteiger partial charge < -0.3 is 170 Å². The third kappa shape index (κ3) is 25.8. The summed E-state index contributed by atoms with van der Waals surface area (Å²) in [5.74, 6) is -8.74. The number of carbonyl (C=O) groups is 1. The number of hydrogen-bond donors (Lipinski definition) is 22. The smallest absolute Gasteiger partial charge is 0.333 e. The normalized spacial score (nSPS) is 47.6. The van der Waals surface area contributed by atoms with Crippen molar-refractivity contribution in [3.05, 3.63) is 35.5 Å². The van der Waals surface area contributed by atoms with Gasteiger partial charge in [0.25, 0.3) is 0 Å². The van der Waals surface area contributed by atoms with E-state index in [9.17, 15) is 107 Å². The van der Waals surface area contributed by atoms with Crippen LogP contribution in [0.5, 0.6) is 0 Å². The number of carbonyl (C=O) groups excluding carboxylic acids is 1. The molecule has 35 heteroatoms. The van der Waals surface area contributed by atoms with Crippen LogP contribution in [0.1, 0.15) is 193 Å². The molecule has 6 saturated heterocycles. The fourth-order valence-corrected chi connectivity index (χ4v) is 16.8. The van der Waals surface area contributed by atoms with Crippen molar-refractivity contribution in [1.82, 2.24) is 0 Å². The van der Waals surface area contributed by atoms with Gasteiger partial charge in [-0.15, -0.1) is 0 Å². The topological polar surface area (TPSA) is 584 Å². The molecule has 24 N–H and O–H groups in total. The molecule has 7 heterocycles. The fourth-order valence-electron chi connectivity index (χ4n) is 16.8. The molecule has 7 aliphatic rings. The number of ether oxygens (including phenoxy) is 12. The van der Waals surface area contributed by atoms with E-state index in [1.807, 2.05) is 20.8 Å². The van der Waals surface area contributed by atoms with Crippen LogP contribution in [0.3, 0.4) is 0 Å². The van der Waals surface area contributed by atoms with Crippen LogP contribution >= 0.6 is 0 Å². The van der Waals surface area contributed by atoms with E-state index >= 15 is 0 Å². The first kappa shape index (κ1) is 100. The molecule has 6 fully saturated rings. The maximum atomic E-state index is 14.6. The minimum atomic E-state index is -2.79. The van der Waals surface area contributed by atoms with Crippen LogP contribution in [-0.4, -0.2) is 347 Å². The zero-order valence-electron chi connectivity index (χ0n) is 69.8. The summed E-state index contributed by atoms with van der Waals surface area (Å²) in [5.41, 5.74) is 12.1. The summed E-state index contributed by atoms with van der Waals surface area (Å²) < 4.78 is 75.2. The molecule has 0 aliphatic carbocycles. The minimum Gasteiger partial charge on any atom is -0.458 e. The van der Waals surface area contributed by atoms with Crippen molar-refractivity contribution < 1.29 is 164 Å². The Kier molecular flexibility index (Phi) is 38.8. The Bertz CT molecular complexity index is 3010. The van der Waals surface area contributed by atoms with Crippen molar-refractivity contribution in [3.8, 4) is 0 Å². The fraction of sp³-hybridized carbons (Fsp3) is 0.914. The lowest BCUT2D eigenvalue weighted by atomic mass is 9.82. The second-order valence-corrected chi connectivity index (χ2v) is 34.7. The van der Waals surface area contributed by atoms with Gasteiger partial charge in [0.15, 0.2) is 37.2 Å². The van der Waals surface area contributed by atoms with Gasteiger partial charge >= 0.3 is 5.97 Å². The molecule has 0 aromatic carbocycles. The van der Waals surface area contributed by atoms with Crippen molar-refractivity contribution in [3.63, 3.8) is 0 Å². The predicted molar refractivity (Wildman–Crippen MR) is 412 cm³/mol. The van der Waals surface area contributed by atoms with Crippen molar-refractivity contribution in [2.45, 2.75) is 425 Å². The Morgan fingerprint density at radius 1 is 0.595 bits per heavy atom. The van der Waals surface area contributed by atoms with E-state index in [2.05, 4.69) is 0 Å². The van der Waals surface area contributed by atoms with E-state index in [1.165, 1.54) is 39.8 Å². The summed E-state index contributed by atoms with van der Waals surface area (Å²) in [5, 5.41) is 231. The monoisotopic (exact) mass is 1670 g/mol. The average molecular weight is 1670 g/mol. The van der Waals surface area contributed by atoms with Crippen molar-refractivity contribution >= 4 is 5.97 Å². The van der Waals surface area contributed by atoms with Gasteiger partial charge in [-0.1, -0.05) is 86.1 Å². The first-order chi connectivity index (χ1) is 54.3. The Balaban J connectivity index is 1.24. The molecule has 676 valence electrons. The first-order valence-corrected chi connectivity index (χ1v) is 41.9. The van der Waals surface area contributed by atoms with Crippen LogP contribution in [0.4, 0.5) is 0 Å². The summed E-state index contributed by atoms with van der Waals surface area (Å²) >= 11 is 0. The SMILES string of the molecule is CCC[C@@H](O[C@H]1C[C@](C)(N)[C@H](O)[C@H](C)O1)[C@@H](C)[C@@H](O)[C@@H](/C=C/[C@H](O)[C@@H](C)[C@@H]1C/C=C(\C)[C@@H](O)[C@@H](C)[C@H](O[C@@H]2O[C@H](CO)[C@@H](O)[C@H](O)[C@@H]2O)C[C@@H](O)[C@@H](C)[C@H](O)C[C@@H]2C[C@H](O)[C@@H](O)[C@](O)(C[C@@H](O[C@@H]3O[C@H](C)[C@@H](O)[C@H](O[C@H]4C[C@@H](N)[C@H](O)[C@@H](C)O4)[C@H]3O[C@@H]3O[C@H](C)[C@@H](O)[C@H](O)[C@H]3O)[C@@H](C)CC[C@@H](O)C[C@@H](O)C/C=C(\CC)C(=O)O1)O2)CC. The number of cyclic esters (lactones) is 1. The van der Waals surface area contributed by atoms with Crippen molar-refractivity contribution in [2.24, 2.45) is 47.0 Å². The number of esters is 1. The number of nitrogens with two attached hydrogens (primary N) is 2. The van der Waals surface area contributed by atoms with E-state index in [0.717, 1.165) is 0 Å². The maximum absolute atomic E-state index is 14.6. The van der Waals surface area contributed by atoms with Gasteiger partial charge in [-0.3, -0.25) is 0 Å². The number of aliphatic hydroxyl groups excluding tert-OH is 19. The zero-order valence-corrected chi connectivity index (χ0v) is 69.8. The molecule has 116 heavy (non-hydrogen) atoms. The van der Waals surface area contributed by atoms with Crippen LogP contribution in [0.2, 0.25) is 0 Å². The van der Waals surface area contributed by atoms with Gasteiger partial charge in [-0.2, -0.15) is 0 Å². The van der Waals surface area contributed by atoms with Crippen LogP contribution in [0.25, 0.3) is 0 Å². The molecule has 0 unspecified atom stereocenters. The lowest BCUT2D eigenvalue weighted by Gasteiger charge is -2.50. The summed E-state index contributed by atoms with van der Waals surface area (Å²) in [6.07, 6.45) is -44.7. The Morgan fingerprint density at radius 2 is 1.19 bits per heavy atom. The largest absolute Gasteiger partial charge is 0.458 e. The molecule has 44 atom stereocenters. The van der Waals surface area contributed by atoms with Crippen LogP contribution in [-0.2, 0) is 61.6 Å². The molecule has 2 bridgehead atoms. The molecule has 0 radical (unpaired) electrons. The molecule has 7 rings (SSSR count). The minimum absolute atomic E-state index is 0.0139. The van der Waals surface area contributed by atoms with Gasteiger partial charge in [-0.25, -0.2) is 4.79 Å². The van der Waals surface area contributed by atoms with Gasteiger partial charge in [0, 0.05) is 91.7 Å². The highest BCUT2D eigenvalue weighted by Crippen LogP contribution is 2.42. The molecular weight excluding hydrogens is 1530 g/mol. The molecule has 0 amide bonds. The van der Waals surface area contributed by atoms with Crippen molar-refractivity contribution in [2.75, 3.05) is 6.61 Å². The number of fused-ring (bicyclic) bond motifs is 2. The van der Waals surface area contributed by atoms with Crippen LogP contribution in [0.15, 0.2) is 35.5 Å². The maximum Gasteiger partial charge on any atom is 0.333 e. The third-order valence-electron chi connectivity index (χ3n) is 25.4. The average Bonchev–Trinajstić information content (AvgIpc) is 0.772. The zero-order chi connectivity index (χ0) is 86.6. The number of rotatable bonds is 22. The highest BCUT2D eigenvalue weighted by molar-refractivity contribution is 5.88. The Labute approximate surface area is 681 Å². The lowest BCUT2D eigenvalue weighted by molar-refractivity contribution is -0.389. The third-order valence-corrected chi connectivity index (χ3v) is 25.4. The second-order valence-electron chi connectivity index (χ2n) is 34.7. The molecule has 35 nitrogen and oxygen atoms in total. The van der Waals surface area contributed by atoms with Gasteiger partial charge in [0.05, 0.1) is 116 Å². The molecular formula is C81H144N2O33. The van der Waals surface area contributed by atoms with Crippen LogP contribution < -0.4 is 11.5 Å². The summed E-state index contributed by atoms with van der Waals surface area (Å²) in [6.45, 7) is 22.2. The molecule has 7 aliphatic heterocycles. The molecule has 0 saturated carbocycles.